The Balaban J connectivity index is 1.98. The van der Waals surface area contributed by atoms with Crippen LogP contribution in [-0.2, 0) is 0 Å². The van der Waals surface area contributed by atoms with E-state index in [1.807, 2.05) is 30.5 Å². The summed E-state index contributed by atoms with van der Waals surface area (Å²) in [7, 11) is 0. The predicted octanol–water partition coefficient (Wildman–Crippen LogP) is 3.09. The molecule has 0 bridgehead atoms. The fourth-order valence-electron chi connectivity index (χ4n) is 2.34. The fraction of sp³-hybridized carbons (Fsp3) is 0.286. The molecular formula is C14H15BrN4. The SMILES string of the molecule is Nc1nc(N2CCCC2)ncc1-c1ccccc1Br. The molecule has 2 heterocycles. The molecule has 3 rings (SSSR count). The number of hydrogen-bond acceptors (Lipinski definition) is 4. The lowest BCUT2D eigenvalue weighted by Crippen LogP contribution is -2.20. The Kier molecular flexibility index (Phi) is 3.38. The van der Waals surface area contributed by atoms with Gasteiger partial charge in [-0.1, -0.05) is 34.1 Å². The van der Waals surface area contributed by atoms with Crippen LogP contribution in [0.25, 0.3) is 11.1 Å². The van der Waals surface area contributed by atoms with E-state index in [0.717, 1.165) is 34.6 Å². The van der Waals surface area contributed by atoms with Gasteiger partial charge in [0.15, 0.2) is 0 Å². The lowest BCUT2D eigenvalue weighted by Gasteiger charge is -2.16. The van der Waals surface area contributed by atoms with Crippen molar-refractivity contribution in [2.24, 2.45) is 0 Å². The van der Waals surface area contributed by atoms with E-state index in [0.29, 0.717) is 5.82 Å². The minimum absolute atomic E-state index is 0.531. The number of benzene rings is 1. The number of hydrogen-bond donors (Lipinski definition) is 1. The van der Waals surface area contributed by atoms with Crippen molar-refractivity contribution in [1.29, 1.82) is 0 Å². The Labute approximate surface area is 120 Å². The quantitative estimate of drug-likeness (QED) is 0.924. The molecule has 1 saturated heterocycles. The highest BCUT2D eigenvalue weighted by Gasteiger charge is 2.16. The van der Waals surface area contributed by atoms with Crippen LogP contribution in [0.5, 0.6) is 0 Å². The number of anilines is 2. The van der Waals surface area contributed by atoms with Crippen LogP contribution in [0.15, 0.2) is 34.9 Å². The molecule has 1 fully saturated rings. The Hall–Kier alpha value is -1.62. The Morgan fingerprint density at radius 3 is 2.53 bits per heavy atom. The van der Waals surface area contributed by atoms with Crippen molar-refractivity contribution >= 4 is 27.7 Å². The minimum Gasteiger partial charge on any atom is -0.383 e. The third-order valence-electron chi connectivity index (χ3n) is 3.36. The molecule has 0 unspecified atom stereocenters. The number of nitrogens with two attached hydrogens (primary N) is 1. The van der Waals surface area contributed by atoms with Gasteiger partial charge in [0.1, 0.15) is 5.82 Å². The summed E-state index contributed by atoms with van der Waals surface area (Å²) in [5, 5.41) is 0. The molecular weight excluding hydrogens is 304 g/mol. The van der Waals surface area contributed by atoms with Crippen molar-refractivity contribution in [1.82, 2.24) is 9.97 Å². The van der Waals surface area contributed by atoms with Crippen LogP contribution in [0.2, 0.25) is 0 Å². The predicted molar refractivity (Wildman–Crippen MR) is 81.0 cm³/mol. The van der Waals surface area contributed by atoms with Gasteiger partial charge in [-0.25, -0.2) is 4.98 Å². The summed E-state index contributed by atoms with van der Waals surface area (Å²) < 4.78 is 0.999. The van der Waals surface area contributed by atoms with E-state index in [1.54, 1.807) is 0 Å². The van der Waals surface area contributed by atoms with Crippen molar-refractivity contribution in [3.05, 3.63) is 34.9 Å². The van der Waals surface area contributed by atoms with E-state index >= 15 is 0 Å². The van der Waals surface area contributed by atoms with Crippen molar-refractivity contribution < 1.29 is 0 Å². The third kappa shape index (κ3) is 2.42. The van der Waals surface area contributed by atoms with Crippen molar-refractivity contribution in [3.8, 4) is 11.1 Å². The zero-order chi connectivity index (χ0) is 13.2. The second-order valence-electron chi connectivity index (χ2n) is 4.64. The molecule has 19 heavy (non-hydrogen) atoms. The van der Waals surface area contributed by atoms with Crippen LogP contribution in [0.3, 0.4) is 0 Å². The summed E-state index contributed by atoms with van der Waals surface area (Å²) >= 11 is 3.53. The van der Waals surface area contributed by atoms with Crippen LogP contribution >= 0.6 is 15.9 Å². The number of nitrogens with zero attached hydrogens (tertiary/aromatic N) is 3. The standard InChI is InChI=1S/C14H15BrN4/c15-12-6-2-1-5-10(12)11-9-17-14(18-13(11)16)19-7-3-4-8-19/h1-2,5-6,9H,3-4,7-8H2,(H2,16,17,18). The molecule has 1 aliphatic rings. The third-order valence-corrected chi connectivity index (χ3v) is 4.05. The summed E-state index contributed by atoms with van der Waals surface area (Å²) in [6, 6.07) is 7.95. The van der Waals surface area contributed by atoms with Gasteiger partial charge in [0.25, 0.3) is 0 Å². The van der Waals surface area contributed by atoms with E-state index < -0.39 is 0 Å². The van der Waals surface area contributed by atoms with Gasteiger partial charge in [0.05, 0.1) is 0 Å². The van der Waals surface area contributed by atoms with E-state index in [4.69, 9.17) is 5.73 Å². The molecule has 0 saturated carbocycles. The topological polar surface area (TPSA) is 55.0 Å². The van der Waals surface area contributed by atoms with Gasteiger partial charge in [0, 0.05) is 34.9 Å². The number of rotatable bonds is 2. The Bertz CT molecular complexity index is 594. The van der Waals surface area contributed by atoms with E-state index in [1.165, 1.54) is 12.8 Å². The van der Waals surface area contributed by atoms with Gasteiger partial charge >= 0.3 is 0 Å². The van der Waals surface area contributed by atoms with E-state index in [2.05, 4.69) is 30.8 Å². The molecule has 1 aromatic heterocycles. The molecule has 1 aliphatic heterocycles. The first-order valence-electron chi connectivity index (χ1n) is 6.38. The maximum absolute atomic E-state index is 6.09. The monoisotopic (exact) mass is 318 g/mol. The zero-order valence-electron chi connectivity index (χ0n) is 10.5. The Morgan fingerprint density at radius 1 is 1.11 bits per heavy atom. The zero-order valence-corrected chi connectivity index (χ0v) is 12.1. The lowest BCUT2D eigenvalue weighted by atomic mass is 10.1. The first-order valence-corrected chi connectivity index (χ1v) is 7.17. The number of halogens is 1. The molecule has 1 aromatic carbocycles. The average Bonchev–Trinajstić information content (AvgIpc) is 2.94. The van der Waals surface area contributed by atoms with Crippen LogP contribution in [0.4, 0.5) is 11.8 Å². The van der Waals surface area contributed by atoms with E-state index in [9.17, 15) is 0 Å². The highest BCUT2D eigenvalue weighted by atomic mass is 79.9. The van der Waals surface area contributed by atoms with Crippen LogP contribution in [0, 0.1) is 0 Å². The highest BCUT2D eigenvalue weighted by Crippen LogP contribution is 2.31. The maximum Gasteiger partial charge on any atom is 0.227 e. The van der Waals surface area contributed by atoms with Gasteiger partial charge in [0.2, 0.25) is 5.95 Å². The first-order chi connectivity index (χ1) is 9.25. The second kappa shape index (κ2) is 5.17. The summed E-state index contributed by atoms with van der Waals surface area (Å²) in [4.78, 5) is 11.1. The fourth-order valence-corrected chi connectivity index (χ4v) is 2.84. The average molecular weight is 319 g/mol. The number of nitrogen functional groups attached to an aromatic ring is 1. The van der Waals surface area contributed by atoms with E-state index in [-0.39, 0.29) is 0 Å². The molecule has 98 valence electrons. The molecule has 0 atom stereocenters. The van der Waals surface area contributed by atoms with Crippen LogP contribution < -0.4 is 10.6 Å². The van der Waals surface area contributed by atoms with Crippen LogP contribution in [-0.4, -0.2) is 23.1 Å². The molecule has 2 N–H and O–H groups in total. The van der Waals surface area contributed by atoms with Crippen molar-refractivity contribution in [2.75, 3.05) is 23.7 Å². The first kappa shape index (κ1) is 12.4. The van der Waals surface area contributed by atoms with Crippen molar-refractivity contribution in [3.63, 3.8) is 0 Å². The molecule has 0 aliphatic carbocycles. The number of aromatic nitrogens is 2. The summed E-state index contributed by atoms with van der Waals surface area (Å²) in [5.41, 5.74) is 7.98. The summed E-state index contributed by atoms with van der Waals surface area (Å²) in [5.74, 6) is 1.27. The second-order valence-corrected chi connectivity index (χ2v) is 5.50. The highest BCUT2D eigenvalue weighted by molar-refractivity contribution is 9.10. The molecule has 4 nitrogen and oxygen atoms in total. The maximum atomic E-state index is 6.09. The van der Waals surface area contributed by atoms with Crippen LogP contribution in [0.1, 0.15) is 12.8 Å². The smallest absolute Gasteiger partial charge is 0.227 e. The molecule has 5 heteroatoms. The lowest BCUT2D eigenvalue weighted by molar-refractivity contribution is 0.901. The molecule has 0 radical (unpaired) electrons. The summed E-state index contributed by atoms with van der Waals surface area (Å²) in [6.07, 6.45) is 4.22. The largest absolute Gasteiger partial charge is 0.383 e. The van der Waals surface area contributed by atoms with Gasteiger partial charge in [-0.2, -0.15) is 4.98 Å². The van der Waals surface area contributed by atoms with Gasteiger partial charge in [-0.3, -0.25) is 0 Å². The normalized spacial score (nSPS) is 14.9. The van der Waals surface area contributed by atoms with Gasteiger partial charge < -0.3 is 10.6 Å². The van der Waals surface area contributed by atoms with Gasteiger partial charge in [-0.05, 0) is 18.9 Å². The van der Waals surface area contributed by atoms with Gasteiger partial charge in [-0.15, -0.1) is 0 Å². The minimum atomic E-state index is 0.531. The Morgan fingerprint density at radius 2 is 1.84 bits per heavy atom. The molecule has 0 spiro atoms. The molecule has 2 aromatic rings. The van der Waals surface area contributed by atoms with Crippen molar-refractivity contribution in [2.45, 2.75) is 12.8 Å². The molecule has 0 amide bonds. The summed E-state index contributed by atoms with van der Waals surface area (Å²) in [6.45, 7) is 2.04.